The number of carbonyl (C=O) groups excluding carboxylic acids is 1. The van der Waals surface area contributed by atoms with E-state index in [9.17, 15) is 4.79 Å². The fourth-order valence-electron chi connectivity index (χ4n) is 1.70. The summed E-state index contributed by atoms with van der Waals surface area (Å²) in [5.41, 5.74) is 0. The van der Waals surface area contributed by atoms with Gasteiger partial charge in [0.2, 0.25) is 5.91 Å². The SMILES string of the molecule is CC(C)c1cnc(NC(=O)C2CCNC2)s1. The first kappa shape index (κ1) is 11.5. The maximum absolute atomic E-state index is 11.8. The minimum Gasteiger partial charge on any atom is -0.316 e. The summed E-state index contributed by atoms with van der Waals surface area (Å²) in [5.74, 6) is 0.664. The van der Waals surface area contributed by atoms with Gasteiger partial charge in [-0.3, -0.25) is 4.79 Å². The van der Waals surface area contributed by atoms with Crippen LogP contribution in [-0.4, -0.2) is 24.0 Å². The maximum atomic E-state index is 11.8. The molecule has 1 aliphatic heterocycles. The molecule has 0 radical (unpaired) electrons. The molecule has 1 fully saturated rings. The Morgan fingerprint density at radius 1 is 1.69 bits per heavy atom. The summed E-state index contributed by atoms with van der Waals surface area (Å²) in [4.78, 5) is 17.2. The van der Waals surface area contributed by atoms with Crippen molar-refractivity contribution in [1.29, 1.82) is 0 Å². The molecular weight excluding hydrogens is 222 g/mol. The number of anilines is 1. The minimum absolute atomic E-state index is 0.0923. The largest absolute Gasteiger partial charge is 0.316 e. The highest BCUT2D eigenvalue weighted by Crippen LogP contribution is 2.25. The number of amides is 1. The van der Waals surface area contributed by atoms with Crippen molar-refractivity contribution in [3.63, 3.8) is 0 Å². The first-order chi connectivity index (χ1) is 7.66. The number of nitrogens with one attached hydrogen (secondary N) is 2. The van der Waals surface area contributed by atoms with Crippen LogP contribution in [0.1, 0.15) is 31.1 Å². The fourth-order valence-corrected chi connectivity index (χ4v) is 2.52. The van der Waals surface area contributed by atoms with Crippen LogP contribution in [0.25, 0.3) is 0 Å². The zero-order chi connectivity index (χ0) is 11.5. The number of hydrogen-bond acceptors (Lipinski definition) is 4. The molecule has 16 heavy (non-hydrogen) atoms. The Labute approximate surface area is 99.5 Å². The summed E-state index contributed by atoms with van der Waals surface area (Å²) in [6.07, 6.45) is 2.77. The Hall–Kier alpha value is -0.940. The molecule has 0 saturated carbocycles. The first-order valence-corrected chi connectivity index (χ1v) is 6.46. The average molecular weight is 239 g/mol. The van der Waals surface area contributed by atoms with Crippen LogP contribution < -0.4 is 10.6 Å². The van der Waals surface area contributed by atoms with Gasteiger partial charge in [-0.1, -0.05) is 13.8 Å². The second kappa shape index (κ2) is 4.93. The quantitative estimate of drug-likeness (QED) is 0.846. The Kier molecular flexibility index (Phi) is 3.56. The van der Waals surface area contributed by atoms with Gasteiger partial charge in [-0.2, -0.15) is 0 Å². The maximum Gasteiger partial charge on any atom is 0.230 e. The van der Waals surface area contributed by atoms with E-state index in [1.54, 1.807) is 11.3 Å². The Balaban J connectivity index is 1.95. The average Bonchev–Trinajstić information content (AvgIpc) is 2.87. The molecule has 2 N–H and O–H groups in total. The van der Waals surface area contributed by atoms with E-state index in [1.807, 2.05) is 6.20 Å². The van der Waals surface area contributed by atoms with Crippen molar-refractivity contribution in [2.75, 3.05) is 18.4 Å². The topological polar surface area (TPSA) is 54.0 Å². The van der Waals surface area contributed by atoms with E-state index in [0.717, 1.165) is 24.6 Å². The van der Waals surface area contributed by atoms with Crippen molar-refractivity contribution in [3.05, 3.63) is 11.1 Å². The molecule has 2 heterocycles. The number of nitrogens with zero attached hydrogens (tertiary/aromatic N) is 1. The summed E-state index contributed by atoms with van der Waals surface area (Å²) in [6, 6.07) is 0. The summed E-state index contributed by atoms with van der Waals surface area (Å²) >= 11 is 1.56. The second-order valence-corrected chi connectivity index (χ2v) is 5.46. The summed E-state index contributed by atoms with van der Waals surface area (Å²) in [5, 5.41) is 6.79. The highest BCUT2D eigenvalue weighted by atomic mass is 32.1. The Morgan fingerprint density at radius 3 is 3.06 bits per heavy atom. The predicted molar refractivity (Wildman–Crippen MR) is 65.8 cm³/mol. The number of hydrogen-bond donors (Lipinski definition) is 2. The van der Waals surface area contributed by atoms with Gasteiger partial charge in [0.15, 0.2) is 5.13 Å². The van der Waals surface area contributed by atoms with Gasteiger partial charge in [-0.05, 0) is 18.9 Å². The predicted octanol–water partition coefficient (Wildman–Crippen LogP) is 1.81. The summed E-state index contributed by atoms with van der Waals surface area (Å²) in [6.45, 7) is 5.97. The van der Waals surface area contributed by atoms with E-state index in [0.29, 0.717) is 5.92 Å². The Bertz CT molecular complexity index is 369. The van der Waals surface area contributed by atoms with Gasteiger partial charge in [-0.25, -0.2) is 4.98 Å². The van der Waals surface area contributed by atoms with Crippen LogP contribution in [-0.2, 0) is 4.79 Å². The molecule has 0 bridgehead atoms. The Morgan fingerprint density at radius 2 is 2.50 bits per heavy atom. The van der Waals surface area contributed by atoms with Crippen molar-refractivity contribution in [3.8, 4) is 0 Å². The minimum atomic E-state index is 0.0923. The molecule has 0 spiro atoms. The van der Waals surface area contributed by atoms with Crippen LogP contribution in [0, 0.1) is 5.92 Å². The van der Waals surface area contributed by atoms with E-state index in [4.69, 9.17) is 0 Å². The van der Waals surface area contributed by atoms with Crippen LogP contribution in [0.5, 0.6) is 0 Å². The van der Waals surface area contributed by atoms with Crippen LogP contribution >= 0.6 is 11.3 Å². The lowest BCUT2D eigenvalue weighted by atomic mass is 10.1. The third kappa shape index (κ3) is 2.59. The number of rotatable bonds is 3. The van der Waals surface area contributed by atoms with Crippen LogP contribution in [0.4, 0.5) is 5.13 Å². The summed E-state index contributed by atoms with van der Waals surface area (Å²) < 4.78 is 0. The number of aromatic nitrogens is 1. The van der Waals surface area contributed by atoms with Crippen molar-refractivity contribution < 1.29 is 4.79 Å². The van der Waals surface area contributed by atoms with Crippen LogP contribution in [0.2, 0.25) is 0 Å². The molecule has 88 valence electrons. The lowest BCUT2D eigenvalue weighted by Crippen LogP contribution is -2.24. The lowest BCUT2D eigenvalue weighted by Gasteiger charge is -2.06. The van der Waals surface area contributed by atoms with Crippen LogP contribution in [0.3, 0.4) is 0 Å². The van der Waals surface area contributed by atoms with Crippen molar-refractivity contribution in [2.45, 2.75) is 26.2 Å². The standard InChI is InChI=1S/C11H17N3OS/c1-7(2)9-6-13-11(16-9)14-10(15)8-3-4-12-5-8/h6-8,12H,3-5H2,1-2H3,(H,13,14,15). The molecular formula is C11H17N3OS. The first-order valence-electron chi connectivity index (χ1n) is 5.64. The zero-order valence-corrected chi connectivity index (χ0v) is 10.4. The van der Waals surface area contributed by atoms with E-state index >= 15 is 0 Å². The van der Waals surface area contributed by atoms with Crippen molar-refractivity contribution in [2.24, 2.45) is 5.92 Å². The lowest BCUT2D eigenvalue weighted by molar-refractivity contribution is -0.119. The van der Waals surface area contributed by atoms with Gasteiger partial charge in [0, 0.05) is 17.6 Å². The highest BCUT2D eigenvalue weighted by molar-refractivity contribution is 7.15. The fraction of sp³-hybridized carbons (Fsp3) is 0.636. The third-order valence-corrected chi connectivity index (χ3v) is 3.97. The van der Waals surface area contributed by atoms with E-state index in [1.165, 1.54) is 4.88 Å². The molecule has 1 saturated heterocycles. The molecule has 5 heteroatoms. The van der Waals surface area contributed by atoms with Crippen molar-refractivity contribution in [1.82, 2.24) is 10.3 Å². The molecule has 1 atom stereocenters. The van der Waals surface area contributed by atoms with Gasteiger partial charge in [0.25, 0.3) is 0 Å². The molecule has 4 nitrogen and oxygen atoms in total. The molecule has 1 amide bonds. The molecule has 1 unspecified atom stereocenters. The normalized spacial score (nSPS) is 20.3. The highest BCUT2D eigenvalue weighted by Gasteiger charge is 2.23. The van der Waals surface area contributed by atoms with Gasteiger partial charge in [-0.15, -0.1) is 11.3 Å². The van der Waals surface area contributed by atoms with Gasteiger partial charge in [0.1, 0.15) is 0 Å². The second-order valence-electron chi connectivity index (χ2n) is 4.40. The third-order valence-electron chi connectivity index (χ3n) is 2.75. The molecule has 1 aromatic rings. The van der Waals surface area contributed by atoms with Crippen molar-refractivity contribution >= 4 is 22.4 Å². The van der Waals surface area contributed by atoms with Crippen LogP contribution in [0.15, 0.2) is 6.20 Å². The summed E-state index contributed by atoms with van der Waals surface area (Å²) in [7, 11) is 0. The molecule has 1 aromatic heterocycles. The monoisotopic (exact) mass is 239 g/mol. The molecule has 0 aromatic carbocycles. The van der Waals surface area contributed by atoms with Gasteiger partial charge in [0.05, 0.1) is 5.92 Å². The van der Waals surface area contributed by atoms with Gasteiger partial charge < -0.3 is 10.6 Å². The smallest absolute Gasteiger partial charge is 0.230 e. The number of thiazole rings is 1. The number of carbonyl (C=O) groups is 1. The van der Waals surface area contributed by atoms with Gasteiger partial charge >= 0.3 is 0 Å². The van der Waals surface area contributed by atoms with E-state index in [2.05, 4.69) is 29.5 Å². The zero-order valence-electron chi connectivity index (χ0n) is 9.62. The molecule has 2 rings (SSSR count). The van der Waals surface area contributed by atoms with E-state index in [-0.39, 0.29) is 11.8 Å². The van der Waals surface area contributed by atoms with E-state index < -0.39 is 0 Å². The molecule has 0 aliphatic carbocycles. The molecule has 1 aliphatic rings.